The van der Waals surface area contributed by atoms with Crippen LogP contribution in [0.1, 0.15) is 36.5 Å². The predicted octanol–water partition coefficient (Wildman–Crippen LogP) is 6.35. The number of rotatable bonds is 10. The lowest BCUT2D eigenvalue weighted by atomic mass is 10.0. The number of nitrogens with one attached hydrogen (secondary N) is 1. The minimum Gasteiger partial charge on any atom is -0.497 e. The molecule has 0 saturated carbocycles. The summed E-state index contributed by atoms with van der Waals surface area (Å²) in [6, 6.07) is 24.9. The first-order valence-electron chi connectivity index (χ1n) is 12.9. The molecule has 1 aliphatic heterocycles. The highest BCUT2D eigenvalue weighted by molar-refractivity contribution is 5.98. The molecule has 3 aromatic rings. The van der Waals surface area contributed by atoms with Crippen LogP contribution >= 0.6 is 0 Å². The highest BCUT2D eigenvalue weighted by Crippen LogP contribution is 2.31. The molecule has 0 radical (unpaired) electrons. The van der Waals surface area contributed by atoms with Gasteiger partial charge in [-0.1, -0.05) is 67.9 Å². The van der Waals surface area contributed by atoms with Crippen LogP contribution in [0.5, 0.6) is 11.5 Å². The lowest BCUT2D eigenvalue weighted by Crippen LogP contribution is -2.35. The minimum absolute atomic E-state index is 0.0762. The summed E-state index contributed by atoms with van der Waals surface area (Å²) in [4.78, 5) is 16.5. The maximum absolute atomic E-state index is 13.3. The SMILES string of the molecule is CCCCOc1ccc(CC2/C(=C/c3ccc(OC)cc3)N(C(=O)OCc3ccccc3)C(=N)N2C)cc1. The zero-order chi connectivity index (χ0) is 26.9. The molecule has 1 N–H and O–H groups in total. The second kappa shape index (κ2) is 12.8. The van der Waals surface area contributed by atoms with Gasteiger partial charge < -0.3 is 19.1 Å². The van der Waals surface area contributed by atoms with Gasteiger partial charge in [-0.2, -0.15) is 0 Å². The van der Waals surface area contributed by atoms with Crippen LogP contribution in [0.15, 0.2) is 84.6 Å². The smallest absolute Gasteiger partial charge is 0.421 e. The Bertz CT molecular complexity index is 1240. The number of nitrogens with zero attached hydrogens (tertiary/aromatic N) is 2. The Kier molecular flexibility index (Phi) is 9.03. The van der Waals surface area contributed by atoms with E-state index in [1.165, 1.54) is 4.90 Å². The van der Waals surface area contributed by atoms with E-state index < -0.39 is 6.09 Å². The number of hydrogen-bond acceptors (Lipinski definition) is 5. The van der Waals surface area contributed by atoms with Crippen molar-refractivity contribution in [3.63, 3.8) is 0 Å². The molecule has 0 spiro atoms. The average molecular weight is 514 g/mol. The summed E-state index contributed by atoms with van der Waals surface area (Å²) in [5, 5.41) is 8.78. The van der Waals surface area contributed by atoms with Gasteiger partial charge in [0.15, 0.2) is 0 Å². The molecule has 0 aromatic heterocycles. The maximum Gasteiger partial charge on any atom is 0.421 e. The number of carbonyl (C=O) groups is 1. The molecule has 38 heavy (non-hydrogen) atoms. The van der Waals surface area contributed by atoms with E-state index in [0.717, 1.165) is 41.0 Å². The topological polar surface area (TPSA) is 75.1 Å². The number of hydrogen-bond donors (Lipinski definition) is 1. The zero-order valence-electron chi connectivity index (χ0n) is 22.2. The van der Waals surface area contributed by atoms with Gasteiger partial charge in [-0.15, -0.1) is 0 Å². The van der Waals surface area contributed by atoms with Crippen molar-refractivity contribution in [2.24, 2.45) is 0 Å². The molecular weight excluding hydrogens is 478 g/mol. The van der Waals surface area contributed by atoms with Crippen LogP contribution in [0.25, 0.3) is 6.08 Å². The Morgan fingerprint density at radius 1 is 0.947 bits per heavy atom. The highest BCUT2D eigenvalue weighted by Gasteiger charge is 2.41. The van der Waals surface area contributed by atoms with E-state index in [-0.39, 0.29) is 18.6 Å². The van der Waals surface area contributed by atoms with Crippen molar-refractivity contribution in [1.82, 2.24) is 9.80 Å². The Hall–Kier alpha value is -4.26. The fraction of sp³-hybridized carbons (Fsp3) is 0.290. The molecule has 0 bridgehead atoms. The van der Waals surface area contributed by atoms with Crippen LogP contribution in [0.3, 0.4) is 0 Å². The first kappa shape index (κ1) is 26.8. The van der Waals surface area contributed by atoms with Crippen LogP contribution < -0.4 is 9.47 Å². The second-order valence-corrected chi connectivity index (χ2v) is 9.22. The van der Waals surface area contributed by atoms with Gasteiger partial charge in [-0.05, 0) is 59.9 Å². The van der Waals surface area contributed by atoms with Crippen LogP contribution in [0, 0.1) is 5.41 Å². The van der Waals surface area contributed by atoms with Crippen molar-refractivity contribution in [1.29, 1.82) is 5.41 Å². The monoisotopic (exact) mass is 513 g/mol. The molecule has 1 unspecified atom stereocenters. The number of ether oxygens (including phenoxy) is 3. The Balaban J connectivity index is 1.59. The Morgan fingerprint density at radius 3 is 2.29 bits per heavy atom. The van der Waals surface area contributed by atoms with E-state index in [2.05, 4.69) is 6.92 Å². The van der Waals surface area contributed by atoms with E-state index >= 15 is 0 Å². The number of carbonyl (C=O) groups excluding carboxylic acids is 1. The van der Waals surface area contributed by atoms with Crippen LogP contribution in [-0.4, -0.2) is 48.7 Å². The molecule has 1 amide bonds. The molecule has 0 aliphatic carbocycles. The third-order valence-electron chi connectivity index (χ3n) is 6.55. The quantitative estimate of drug-likeness (QED) is 0.320. The summed E-state index contributed by atoms with van der Waals surface area (Å²) in [5.41, 5.74) is 3.55. The molecule has 4 rings (SSSR count). The molecule has 1 saturated heterocycles. The van der Waals surface area contributed by atoms with Gasteiger partial charge in [0.2, 0.25) is 5.96 Å². The van der Waals surface area contributed by atoms with Crippen molar-refractivity contribution in [2.75, 3.05) is 20.8 Å². The summed E-state index contributed by atoms with van der Waals surface area (Å²) in [7, 11) is 3.46. The summed E-state index contributed by atoms with van der Waals surface area (Å²) in [6.45, 7) is 2.97. The van der Waals surface area contributed by atoms with Crippen molar-refractivity contribution >= 4 is 18.1 Å². The Morgan fingerprint density at radius 2 is 1.63 bits per heavy atom. The normalized spacial score (nSPS) is 16.1. The molecule has 7 nitrogen and oxygen atoms in total. The summed E-state index contributed by atoms with van der Waals surface area (Å²) in [5.74, 6) is 1.67. The van der Waals surface area contributed by atoms with Gasteiger partial charge in [-0.25, -0.2) is 9.69 Å². The second-order valence-electron chi connectivity index (χ2n) is 9.22. The van der Waals surface area contributed by atoms with Crippen LogP contribution in [0.4, 0.5) is 4.79 Å². The largest absolute Gasteiger partial charge is 0.497 e. The lowest BCUT2D eigenvalue weighted by Gasteiger charge is -2.20. The van der Waals surface area contributed by atoms with Gasteiger partial charge in [0.05, 0.1) is 25.5 Å². The van der Waals surface area contributed by atoms with Crippen molar-refractivity contribution in [3.8, 4) is 11.5 Å². The zero-order valence-corrected chi connectivity index (χ0v) is 22.2. The molecule has 1 aliphatic rings. The molecule has 7 heteroatoms. The van der Waals surface area contributed by atoms with E-state index in [0.29, 0.717) is 18.7 Å². The standard InChI is InChI=1S/C31H35N3O4/c1-4-5-19-37-27-17-13-23(14-18-27)20-28-29(21-24-11-15-26(36-3)16-12-24)34(30(32)33(28)2)31(35)38-22-25-9-7-6-8-10-25/h6-18,21,28,32H,4-5,19-20,22H2,1-3H3/b29-21-,32-30?. The lowest BCUT2D eigenvalue weighted by molar-refractivity contribution is 0.123. The minimum atomic E-state index is -0.576. The number of likely N-dealkylation sites (N-methyl/N-ethyl adjacent to an activating group) is 1. The van der Waals surface area contributed by atoms with Crippen molar-refractivity contribution in [2.45, 2.75) is 38.8 Å². The van der Waals surface area contributed by atoms with Crippen LogP contribution in [-0.2, 0) is 17.8 Å². The first-order valence-corrected chi connectivity index (χ1v) is 12.9. The summed E-state index contributed by atoms with van der Waals surface area (Å²) in [6.07, 6.45) is 4.08. The van der Waals surface area contributed by atoms with E-state index in [1.807, 2.05) is 96.9 Å². The van der Waals surface area contributed by atoms with E-state index in [1.54, 1.807) is 7.11 Å². The molecule has 1 fully saturated rings. The van der Waals surface area contributed by atoms with Gasteiger partial charge in [0, 0.05) is 7.05 Å². The molecule has 1 atom stereocenters. The maximum atomic E-state index is 13.3. The number of amides is 1. The fourth-order valence-electron chi connectivity index (χ4n) is 4.30. The predicted molar refractivity (Wildman–Crippen MR) is 149 cm³/mol. The van der Waals surface area contributed by atoms with Gasteiger partial charge in [-0.3, -0.25) is 5.41 Å². The van der Waals surface area contributed by atoms with Gasteiger partial charge >= 0.3 is 6.09 Å². The molecule has 3 aromatic carbocycles. The fourth-order valence-corrected chi connectivity index (χ4v) is 4.30. The average Bonchev–Trinajstić information content (AvgIpc) is 3.18. The van der Waals surface area contributed by atoms with Crippen LogP contribution in [0.2, 0.25) is 0 Å². The summed E-state index contributed by atoms with van der Waals surface area (Å²) < 4.78 is 16.7. The van der Waals surface area contributed by atoms with E-state index in [4.69, 9.17) is 19.6 Å². The van der Waals surface area contributed by atoms with Crippen molar-refractivity contribution < 1.29 is 19.0 Å². The summed E-state index contributed by atoms with van der Waals surface area (Å²) >= 11 is 0. The third kappa shape index (κ3) is 6.54. The third-order valence-corrected chi connectivity index (χ3v) is 6.55. The Labute approximate surface area is 224 Å². The molecule has 198 valence electrons. The van der Waals surface area contributed by atoms with Gasteiger partial charge in [0.1, 0.15) is 18.1 Å². The number of benzene rings is 3. The van der Waals surface area contributed by atoms with Crippen molar-refractivity contribution in [3.05, 3.63) is 101 Å². The number of guanidine groups is 1. The van der Waals surface area contributed by atoms with E-state index in [9.17, 15) is 4.79 Å². The molecular formula is C31H35N3O4. The number of unbranched alkanes of at least 4 members (excludes halogenated alkanes) is 1. The first-order chi connectivity index (χ1) is 18.5. The molecule has 1 heterocycles. The highest BCUT2D eigenvalue weighted by atomic mass is 16.6. The van der Waals surface area contributed by atoms with Gasteiger partial charge in [0.25, 0.3) is 0 Å². The number of methoxy groups -OCH3 is 1.